The summed E-state index contributed by atoms with van der Waals surface area (Å²) in [7, 11) is 0. The van der Waals surface area contributed by atoms with Crippen molar-refractivity contribution >= 4 is 33.2 Å². The van der Waals surface area contributed by atoms with Crippen LogP contribution in [-0.2, 0) is 11.6 Å². The van der Waals surface area contributed by atoms with E-state index in [1.54, 1.807) is 0 Å². The summed E-state index contributed by atoms with van der Waals surface area (Å²) in [5.41, 5.74) is 10.6. The number of halogens is 3. The van der Waals surface area contributed by atoms with Crippen LogP contribution >= 0.6 is 0 Å². The molecule has 0 saturated carbocycles. The van der Waals surface area contributed by atoms with E-state index in [1.165, 1.54) is 17.2 Å². The molecule has 1 aromatic heterocycles. The van der Waals surface area contributed by atoms with Gasteiger partial charge in [0.25, 0.3) is 0 Å². The van der Waals surface area contributed by atoms with E-state index < -0.39 is 29.1 Å². The number of hydrogen-bond acceptors (Lipinski definition) is 3. The van der Waals surface area contributed by atoms with Gasteiger partial charge in [0.15, 0.2) is 0 Å². The largest absolute Gasteiger partial charge is 0.416 e. The van der Waals surface area contributed by atoms with Gasteiger partial charge >= 0.3 is 6.18 Å². The van der Waals surface area contributed by atoms with Crippen LogP contribution in [0.1, 0.15) is 46.2 Å². The summed E-state index contributed by atoms with van der Waals surface area (Å²) in [6, 6.07) is 45.1. The van der Waals surface area contributed by atoms with Crippen LogP contribution in [0, 0.1) is 36.5 Å². The van der Waals surface area contributed by atoms with E-state index in [0.29, 0.717) is 16.8 Å². The minimum absolute atomic E-state index is 0.0667. The molecule has 0 bridgehead atoms. The number of nitrogens with zero attached hydrogens (tertiary/aromatic N) is 4. The molecule has 3 aliphatic rings. The van der Waals surface area contributed by atoms with Gasteiger partial charge in [0.05, 0.1) is 57.9 Å². The second kappa shape index (κ2) is 14.1. The van der Waals surface area contributed by atoms with E-state index >= 15 is 0 Å². The first-order valence-corrected chi connectivity index (χ1v) is 20.4. The zero-order valence-electron chi connectivity index (χ0n) is 33.7. The zero-order valence-corrected chi connectivity index (χ0v) is 33.7. The predicted molar refractivity (Wildman–Crippen MR) is 239 cm³/mol. The van der Waals surface area contributed by atoms with Crippen molar-refractivity contribution in [3.05, 3.63) is 203 Å². The topological polar surface area (TPSA) is 55.8 Å². The molecule has 0 spiro atoms. The molecule has 0 N–H and O–H groups in total. The SMILES string of the molecule is Cc1ccc(-c2ccc3c(c2)C2(C)C=CC=CC2N3C2C=C(C#N)C=C(n3c4ccccc4c4cc(-c5ccc(C)cc5)ccc43)C2c2ccc(C(F)(F)F)cc2C#N)cc1. The predicted octanol–water partition coefficient (Wildman–Crippen LogP) is 13.4. The number of hydrogen-bond donors (Lipinski definition) is 0. The lowest BCUT2D eigenvalue weighted by Crippen LogP contribution is -2.49. The Kier molecular flexibility index (Phi) is 8.79. The molecule has 6 aromatic carbocycles. The van der Waals surface area contributed by atoms with Crippen molar-refractivity contribution in [2.24, 2.45) is 0 Å². The molecule has 296 valence electrons. The molecule has 0 radical (unpaired) electrons. The van der Waals surface area contributed by atoms with Gasteiger partial charge in [0.2, 0.25) is 0 Å². The van der Waals surface area contributed by atoms with E-state index in [9.17, 15) is 23.7 Å². The maximum Gasteiger partial charge on any atom is 0.416 e. The number of benzene rings is 6. The summed E-state index contributed by atoms with van der Waals surface area (Å²) in [5.74, 6) is -0.698. The van der Waals surface area contributed by atoms with Gasteiger partial charge in [-0.15, -0.1) is 0 Å². The molecule has 4 unspecified atom stereocenters. The second-order valence-electron chi connectivity index (χ2n) is 16.6. The summed E-state index contributed by atoms with van der Waals surface area (Å²) < 4.78 is 45.0. The van der Waals surface area contributed by atoms with Crippen molar-refractivity contribution in [3.63, 3.8) is 0 Å². The smallest absolute Gasteiger partial charge is 0.356 e. The second-order valence-corrected chi connectivity index (χ2v) is 16.6. The average Bonchev–Trinajstić information content (AvgIpc) is 3.74. The summed E-state index contributed by atoms with van der Waals surface area (Å²) in [5, 5.41) is 23.5. The van der Waals surface area contributed by atoms with Crippen molar-refractivity contribution in [2.45, 2.75) is 50.4 Å². The molecular weight excluding hydrogens is 762 g/mol. The minimum atomic E-state index is -4.64. The Balaban J connectivity index is 1.23. The maximum absolute atomic E-state index is 14.3. The molecule has 4 nitrogen and oxygen atoms in total. The van der Waals surface area contributed by atoms with Gasteiger partial charge < -0.3 is 9.47 Å². The standard InChI is InChI=1S/C54H39F3N4/c1-33-11-15-36(16-12-33)38-19-23-47-44(29-38)43-8-4-5-9-46(43)60(47)49-26-35(31-58)27-50(52(49)42-22-21-41(54(55,56)57)28-40(42)32-59)61-48-24-20-39(37-17-13-34(2)14-18-37)30-45(48)53(3)25-7-6-10-51(53)61/h4-30,50-52H,1-3H3. The van der Waals surface area contributed by atoms with E-state index in [4.69, 9.17) is 0 Å². The third-order valence-corrected chi connectivity index (χ3v) is 12.9. The fourth-order valence-corrected chi connectivity index (χ4v) is 9.86. The summed E-state index contributed by atoms with van der Waals surface area (Å²) >= 11 is 0. The Hall–Kier alpha value is -7.35. The lowest BCUT2D eigenvalue weighted by molar-refractivity contribution is -0.137. The third kappa shape index (κ3) is 6.11. The highest BCUT2D eigenvalue weighted by atomic mass is 19.4. The minimum Gasteiger partial charge on any atom is -0.356 e. The molecule has 0 amide bonds. The van der Waals surface area contributed by atoms with Crippen molar-refractivity contribution in [1.82, 2.24) is 4.57 Å². The van der Waals surface area contributed by atoms with Crippen LogP contribution in [0.15, 0.2) is 169 Å². The Morgan fingerprint density at radius 2 is 1.33 bits per heavy atom. The highest BCUT2D eigenvalue weighted by Crippen LogP contribution is 2.54. The van der Waals surface area contributed by atoms with Crippen LogP contribution in [0.4, 0.5) is 18.9 Å². The lowest BCUT2D eigenvalue weighted by Gasteiger charge is -2.44. The van der Waals surface area contributed by atoms with E-state index in [1.807, 2.05) is 36.4 Å². The van der Waals surface area contributed by atoms with Crippen molar-refractivity contribution in [2.75, 3.05) is 4.90 Å². The molecule has 1 aliphatic heterocycles. The Labute approximate surface area is 352 Å². The lowest BCUT2D eigenvalue weighted by atomic mass is 9.74. The molecule has 2 heterocycles. The number of para-hydroxylation sites is 1. The van der Waals surface area contributed by atoms with Crippen LogP contribution in [0.3, 0.4) is 0 Å². The van der Waals surface area contributed by atoms with E-state index in [2.05, 4.69) is 152 Å². The highest BCUT2D eigenvalue weighted by molar-refractivity contribution is 6.11. The Morgan fingerprint density at radius 3 is 2.02 bits per heavy atom. The third-order valence-electron chi connectivity index (χ3n) is 12.9. The summed E-state index contributed by atoms with van der Waals surface area (Å²) in [4.78, 5) is 2.32. The summed E-state index contributed by atoms with van der Waals surface area (Å²) in [6.07, 6.45) is 7.64. The van der Waals surface area contributed by atoms with Crippen molar-refractivity contribution in [3.8, 4) is 34.4 Å². The molecule has 0 saturated heterocycles. The Morgan fingerprint density at radius 1 is 0.672 bits per heavy atom. The molecule has 61 heavy (non-hydrogen) atoms. The highest BCUT2D eigenvalue weighted by Gasteiger charge is 2.51. The van der Waals surface area contributed by atoms with Crippen LogP contribution in [0.5, 0.6) is 0 Å². The molecular formula is C54H39F3N4. The molecule has 7 aromatic rings. The zero-order chi connectivity index (χ0) is 42.2. The maximum atomic E-state index is 14.3. The monoisotopic (exact) mass is 800 g/mol. The molecule has 2 aliphatic carbocycles. The first-order chi connectivity index (χ1) is 29.5. The number of allylic oxidation sites excluding steroid dienone is 4. The number of aryl methyl sites for hydroxylation is 2. The molecule has 7 heteroatoms. The van der Waals surface area contributed by atoms with Gasteiger partial charge in [-0.1, -0.05) is 120 Å². The number of rotatable bonds is 5. The van der Waals surface area contributed by atoms with Gasteiger partial charge in [-0.3, -0.25) is 0 Å². The first kappa shape index (κ1) is 37.9. The number of nitriles is 2. The average molecular weight is 801 g/mol. The van der Waals surface area contributed by atoms with Gasteiger partial charge in [0, 0.05) is 27.6 Å². The van der Waals surface area contributed by atoms with Crippen LogP contribution in [0.25, 0.3) is 49.8 Å². The molecule has 10 rings (SSSR count). The first-order valence-electron chi connectivity index (χ1n) is 20.4. The van der Waals surface area contributed by atoms with Gasteiger partial charge in [-0.05, 0) is 109 Å². The fourth-order valence-electron chi connectivity index (χ4n) is 9.86. The Bertz CT molecular complexity index is 3150. The van der Waals surface area contributed by atoms with Crippen molar-refractivity contribution < 1.29 is 13.2 Å². The number of aromatic nitrogens is 1. The van der Waals surface area contributed by atoms with Crippen LogP contribution in [0.2, 0.25) is 0 Å². The molecule has 0 fully saturated rings. The summed E-state index contributed by atoms with van der Waals surface area (Å²) in [6.45, 7) is 6.35. The van der Waals surface area contributed by atoms with Gasteiger partial charge in [-0.2, -0.15) is 23.7 Å². The van der Waals surface area contributed by atoms with E-state index in [-0.39, 0.29) is 11.6 Å². The fraction of sp³-hybridized carbons (Fsp3) is 0.148. The van der Waals surface area contributed by atoms with Crippen molar-refractivity contribution in [1.29, 1.82) is 10.5 Å². The normalized spacial score (nSPS) is 20.5. The quantitative estimate of drug-likeness (QED) is 0.174. The van der Waals surface area contributed by atoms with Gasteiger partial charge in [0.1, 0.15) is 0 Å². The van der Waals surface area contributed by atoms with Crippen LogP contribution < -0.4 is 4.90 Å². The molecule has 4 atom stereocenters. The number of fused-ring (bicyclic) bond motifs is 6. The van der Waals surface area contributed by atoms with E-state index in [0.717, 1.165) is 67.4 Å². The number of alkyl halides is 3. The van der Waals surface area contributed by atoms with Crippen LogP contribution in [-0.4, -0.2) is 16.7 Å². The number of anilines is 1. The van der Waals surface area contributed by atoms with Gasteiger partial charge in [-0.25, -0.2) is 0 Å².